The van der Waals surface area contributed by atoms with Crippen LogP contribution in [0, 0.1) is 11.8 Å². The number of hydrogen-bond acceptors (Lipinski definition) is 4. The Morgan fingerprint density at radius 2 is 1.60 bits per heavy atom. The third kappa shape index (κ3) is 7.92. The summed E-state index contributed by atoms with van der Waals surface area (Å²) in [4.78, 5) is 13.1. The maximum absolute atomic E-state index is 12.8. The fourth-order valence-corrected chi connectivity index (χ4v) is 4.25. The molecule has 0 spiro atoms. The first-order chi connectivity index (χ1) is 11.7. The SMILES string of the molecule is COC(=O)N1CCC(NS(=O)(=O)N(CCC(C)C)CCC(C)C)CC1. The highest BCUT2D eigenvalue weighted by Crippen LogP contribution is 2.15. The Balaban J connectivity index is 2.63. The third-order valence-electron chi connectivity index (χ3n) is 4.49. The predicted octanol–water partition coefficient (Wildman–Crippen LogP) is 2.45. The summed E-state index contributed by atoms with van der Waals surface area (Å²) in [6.07, 6.45) is 2.56. The van der Waals surface area contributed by atoms with Crippen molar-refractivity contribution in [1.82, 2.24) is 13.9 Å². The van der Waals surface area contributed by atoms with Crippen molar-refractivity contribution in [2.45, 2.75) is 59.4 Å². The van der Waals surface area contributed by atoms with Crippen LogP contribution in [0.1, 0.15) is 53.4 Å². The first kappa shape index (κ1) is 22.2. The van der Waals surface area contributed by atoms with E-state index in [1.807, 2.05) is 0 Å². The molecule has 1 rings (SSSR count). The van der Waals surface area contributed by atoms with E-state index in [4.69, 9.17) is 4.74 Å². The molecule has 1 aliphatic rings. The Hall–Kier alpha value is -0.860. The molecule has 0 aromatic carbocycles. The van der Waals surface area contributed by atoms with Gasteiger partial charge in [0.2, 0.25) is 0 Å². The van der Waals surface area contributed by atoms with Gasteiger partial charge < -0.3 is 9.64 Å². The van der Waals surface area contributed by atoms with Gasteiger partial charge in [-0.3, -0.25) is 0 Å². The van der Waals surface area contributed by atoms with Crippen LogP contribution >= 0.6 is 0 Å². The van der Waals surface area contributed by atoms with E-state index in [1.54, 1.807) is 9.21 Å². The smallest absolute Gasteiger partial charge is 0.409 e. The van der Waals surface area contributed by atoms with Gasteiger partial charge in [0, 0.05) is 32.2 Å². The summed E-state index contributed by atoms with van der Waals surface area (Å²) >= 11 is 0. The molecule has 0 radical (unpaired) electrons. The second-order valence-electron chi connectivity index (χ2n) is 7.62. The lowest BCUT2D eigenvalue weighted by Gasteiger charge is -2.33. The van der Waals surface area contributed by atoms with Crippen LogP contribution in [0.5, 0.6) is 0 Å². The Bertz CT molecular complexity index is 488. The zero-order valence-electron chi connectivity index (χ0n) is 16.3. The molecule has 1 N–H and O–H groups in total. The van der Waals surface area contributed by atoms with Gasteiger partial charge in [0.05, 0.1) is 7.11 Å². The number of rotatable bonds is 9. The molecule has 8 heteroatoms. The van der Waals surface area contributed by atoms with E-state index in [9.17, 15) is 13.2 Å². The summed E-state index contributed by atoms with van der Waals surface area (Å²) in [5.41, 5.74) is 0. The number of carbonyl (C=O) groups excluding carboxylic acids is 1. The molecule has 0 bridgehead atoms. The molecule has 0 saturated carbocycles. The van der Waals surface area contributed by atoms with E-state index in [0.717, 1.165) is 12.8 Å². The number of amides is 1. The molecule has 1 heterocycles. The Labute approximate surface area is 153 Å². The number of methoxy groups -OCH3 is 1. The largest absolute Gasteiger partial charge is 0.453 e. The number of hydrogen-bond donors (Lipinski definition) is 1. The lowest BCUT2D eigenvalue weighted by atomic mass is 10.1. The normalized spacial score (nSPS) is 16.9. The van der Waals surface area contributed by atoms with E-state index in [-0.39, 0.29) is 12.1 Å². The second-order valence-corrected chi connectivity index (χ2v) is 9.32. The van der Waals surface area contributed by atoms with Crippen LogP contribution in [0.3, 0.4) is 0 Å². The average Bonchev–Trinajstić information content (AvgIpc) is 2.53. The van der Waals surface area contributed by atoms with E-state index in [1.165, 1.54) is 7.11 Å². The lowest BCUT2D eigenvalue weighted by molar-refractivity contribution is 0.111. The average molecular weight is 378 g/mol. The molecule has 0 atom stereocenters. The van der Waals surface area contributed by atoms with Crippen molar-refractivity contribution in [3.05, 3.63) is 0 Å². The molecule has 1 amide bonds. The topological polar surface area (TPSA) is 79.0 Å². The summed E-state index contributed by atoms with van der Waals surface area (Å²) in [6.45, 7) is 10.5. The van der Waals surface area contributed by atoms with Crippen LogP contribution in [-0.2, 0) is 14.9 Å². The molecule has 0 aromatic heterocycles. The van der Waals surface area contributed by atoms with E-state index in [2.05, 4.69) is 32.4 Å². The van der Waals surface area contributed by atoms with Crippen molar-refractivity contribution in [2.75, 3.05) is 33.3 Å². The minimum absolute atomic E-state index is 0.133. The van der Waals surface area contributed by atoms with Gasteiger partial charge in [-0.15, -0.1) is 0 Å². The number of carbonyl (C=O) groups is 1. The fraction of sp³-hybridized carbons (Fsp3) is 0.941. The van der Waals surface area contributed by atoms with Crippen molar-refractivity contribution in [1.29, 1.82) is 0 Å². The van der Waals surface area contributed by atoms with Crippen molar-refractivity contribution in [2.24, 2.45) is 11.8 Å². The number of nitrogens with one attached hydrogen (secondary N) is 1. The van der Waals surface area contributed by atoms with Gasteiger partial charge in [-0.1, -0.05) is 27.7 Å². The Kier molecular flexibility index (Phi) is 9.16. The molecule has 0 aromatic rings. The number of likely N-dealkylation sites (tertiary alicyclic amines) is 1. The molecule has 25 heavy (non-hydrogen) atoms. The Morgan fingerprint density at radius 1 is 1.12 bits per heavy atom. The van der Waals surface area contributed by atoms with Crippen LogP contribution in [0.4, 0.5) is 4.79 Å². The maximum Gasteiger partial charge on any atom is 0.409 e. The number of nitrogens with zero attached hydrogens (tertiary/aromatic N) is 2. The van der Waals surface area contributed by atoms with Crippen LogP contribution in [0.25, 0.3) is 0 Å². The molecule has 1 fully saturated rings. The van der Waals surface area contributed by atoms with Gasteiger partial charge in [0.1, 0.15) is 0 Å². The zero-order valence-corrected chi connectivity index (χ0v) is 17.1. The van der Waals surface area contributed by atoms with Gasteiger partial charge in [-0.2, -0.15) is 17.4 Å². The summed E-state index contributed by atoms with van der Waals surface area (Å²) in [5.74, 6) is 0.917. The maximum atomic E-state index is 12.8. The highest BCUT2D eigenvalue weighted by Gasteiger charge is 2.29. The quantitative estimate of drug-likeness (QED) is 0.669. The van der Waals surface area contributed by atoms with E-state index < -0.39 is 10.2 Å². The van der Waals surface area contributed by atoms with Crippen LogP contribution in [-0.4, -0.2) is 63.0 Å². The summed E-state index contributed by atoms with van der Waals surface area (Å²) in [7, 11) is -2.15. The minimum Gasteiger partial charge on any atom is -0.453 e. The fourth-order valence-electron chi connectivity index (χ4n) is 2.75. The molecule has 1 aliphatic heterocycles. The van der Waals surface area contributed by atoms with Crippen LogP contribution < -0.4 is 4.72 Å². The summed E-state index contributed by atoms with van der Waals surface area (Å²) in [6, 6.07) is -0.133. The molecular weight excluding hydrogens is 342 g/mol. The second kappa shape index (κ2) is 10.3. The first-order valence-electron chi connectivity index (χ1n) is 9.26. The van der Waals surface area contributed by atoms with Crippen molar-refractivity contribution in [3.8, 4) is 0 Å². The molecule has 0 aliphatic carbocycles. The Morgan fingerprint density at radius 3 is 2.00 bits per heavy atom. The molecule has 7 nitrogen and oxygen atoms in total. The van der Waals surface area contributed by atoms with Gasteiger partial charge in [0.15, 0.2) is 0 Å². The number of piperidine rings is 1. The van der Waals surface area contributed by atoms with Crippen molar-refractivity contribution in [3.63, 3.8) is 0 Å². The monoisotopic (exact) mass is 377 g/mol. The van der Waals surface area contributed by atoms with Gasteiger partial charge >= 0.3 is 6.09 Å². The van der Waals surface area contributed by atoms with E-state index in [0.29, 0.717) is 50.9 Å². The third-order valence-corrected chi connectivity index (χ3v) is 6.17. The molecule has 148 valence electrons. The molecular formula is C17H35N3O4S. The number of ether oxygens (including phenoxy) is 1. The molecule has 1 saturated heterocycles. The van der Waals surface area contributed by atoms with Crippen molar-refractivity contribution < 1.29 is 17.9 Å². The predicted molar refractivity (Wildman–Crippen MR) is 99.5 cm³/mol. The van der Waals surface area contributed by atoms with Crippen LogP contribution in [0.2, 0.25) is 0 Å². The standard InChI is InChI=1S/C17H35N3O4S/c1-14(2)6-12-20(13-7-15(3)4)25(22,23)18-16-8-10-19(11-9-16)17(21)24-5/h14-16,18H,6-13H2,1-5H3. The van der Waals surface area contributed by atoms with Gasteiger partial charge in [0.25, 0.3) is 10.2 Å². The van der Waals surface area contributed by atoms with Crippen molar-refractivity contribution >= 4 is 16.3 Å². The highest BCUT2D eigenvalue weighted by molar-refractivity contribution is 7.87. The zero-order chi connectivity index (χ0) is 19.0. The van der Waals surface area contributed by atoms with Gasteiger partial charge in [-0.05, 0) is 37.5 Å². The minimum atomic E-state index is -3.51. The highest BCUT2D eigenvalue weighted by atomic mass is 32.2. The van der Waals surface area contributed by atoms with Gasteiger partial charge in [-0.25, -0.2) is 4.79 Å². The summed E-state index contributed by atoms with van der Waals surface area (Å²) in [5, 5.41) is 0. The summed E-state index contributed by atoms with van der Waals surface area (Å²) < 4.78 is 34.7. The van der Waals surface area contributed by atoms with E-state index >= 15 is 0 Å². The molecule has 0 unspecified atom stereocenters. The van der Waals surface area contributed by atoms with Crippen LogP contribution in [0.15, 0.2) is 0 Å². The first-order valence-corrected chi connectivity index (χ1v) is 10.7. The lowest BCUT2D eigenvalue weighted by Crippen LogP contribution is -2.51.